The van der Waals surface area contributed by atoms with Crippen LogP contribution in [0.3, 0.4) is 0 Å². The third-order valence-corrected chi connectivity index (χ3v) is 3.57. The van der Waals surface area contributed by atoms with Crippen molar-refractivity contribution in [1.82, 2.24) is 0 Å². The summed E-state index contributed by atoms with van der Waals surface area (Å²) >= 11 is 0. The van der Waals surface area contributed by atoms with Crippen LogP contribution in [0.4, 0.5) is 5.69 Å². The number of non-ortho nitro benzene ring substituents is 1. The Bertz CT molecular complexity index is 911. The van der Waals surface area contributed by atoms with Crippen molar-refractivity contribution in [1.29, 1.82) is 0 Å². The molecule has 0 fully saturated rings. The van der Waals surface area contributed by atoms with Gasteiger partial charge in [-0.15, -0.1) is 0 Å². The van der Waals surface area contributed by atoms with Crippen molar-refractivity contribution in [2.45, 2.75) is 0 Å². The van der Waals surface area contributed by atoms with Crippen molar-refractivity contribution in [3.8, 4) is 0 Å². The van der Waals surface area contributed by atoms with Gasteiger partial charge in [-0.1, -0.05) is 42.5 Å². The van der Waals surface area contributed by atoms with Crippen molar-refractivity contribution in [3.63, 3.8) is 0 Å². The molecule has 0 aromatic heterocycles. The Hall–Kier alpha value is -3.27. The molecule has 0 saturated carbocycles. The highest BCUT2D eigenvalue weighted by Crippen LogP contribution is 2.17. The van der Waals surface area contributed by atoms with Gasteiger partial charge in [0.1, 0.15) is 0 Å². The lowest BCUT2D eigenvalue weighted by Crippen LogP contribution is -1.93. The minimum Gasteiger partial charge on any atom is -0.289 e. The Balaban J connectivity index is 1.80. The molecule has 3 aromatic carbocycles. The van der Waals surface area contributed by atoms with Gasteiger partial charge in [-0.05, 0) is 40.6 Å². The zero-order valence-corrected chi connectivity index (χ0v) is 12.2. The molecule has 4 heteroatoms. The summed E-state index contributed by atoms with van der Waals surface area (Å²) in [6, 6.07) is 19.5. The van der Waals surface area contributed by atoms with Gasteiger partial charge < -0.3 is 0 Å². The maximum absolute atomic E-state index is 12.2. The topological polar surface area (TPSA) is 60.2 Å². The third kappa shape index (κ3) is 3.32. The highest BCUT2D eigenvalue weighted by Gasteiger charge is 2.04. The highest BCUT2D eigenvalue weighted by molar-refractivity contribution is 6.08. The summed E-state index contributed by atoms with van der Waals surface area (Å²) in [6.45, 7) is 0. The molecule has 3 rings (SSSR count). The van der Waals surface area contributed by atoms with Crippen molar-refractivity contribution in [3.05, 3.63) is 94.0 Å². The number of nitro benzene ring substituents is 1. The minimum atomic E-state index is -0.451. The number of carbonyl (C=O) groups excluding carboxylic acids is 1. The van der Waals surface area contributed by atoms with Gasteiger partial charge in [0.25, 0.3) is 5.69 Å². The summed E-state index contributed by atoms with van der Waals surface area (Å²) in [5.41, 5.74) is 1.38. The van der Waals surface area contributed by atoms with Crippen LogP contribution in [0.1, 0.15) is 15.9 Å². The van der Waals surface area contributed by atoms with Crippen molar-refractivity contribution in [2.24, 2.45) is 0 Å². The first-order chi connectivity index (χ1) is 11.1. The van der Waals surface area contributed by atoms with Crippen LogP contribution in [0.2, 0.25) is 0 Å². The Kier molecular flexibility index (Phi) is 3.97. The first-order valence-electron chi connectivity index (χ1n) is 7.09. The van der Waals surface area contributed by atoms with Crippen LogP contribution >= 0.6 is 0 Å². The summed E-state index contributed by atoms with van der Waals surface area (Å²) < 4.78 is 0. The van der Waals surface area contributed by atoms with Crippen molar-refractivity contribution in [2.75, 3.05) is 0 Å². The van der Waals surface area contributed by atoms with Gasteiger partial charge in [0.2, 0.25) is 0 Å². The molecule has 0 spiro atoms. The molecular weight excluding hydrogens is 290 g/mol. The summed E-state index contributed by atoms with van der Waals surface area (Å²) in [5, 5.41) is 12.7. The molecule has 0 N–H and O–H groups in total. The molecule has 0 aliphatic carbocycles. The second-order valence-corrected chi connectivity index (χ2v) is 5.11. The van der Waals surface area contributed by atoms with Gasteiger partial charge >= 0.3 is 0 Å². The molecular formula is C19H13NO3. The van der Waals surface area contributed by atoms with Crippen LogP contribution < -0.4 is 0 Å². The molecule has 4 nitrogen and oxygen atoms in total. The van der Waals surface area contributed by atoms with Crippen LogP contribution in [0.25, 0.3) is 16.8 Å². The predicted octanol–water partition coefficient (Wildman–Crippen LogP) is 4.64. The number of rotatable bonds is 4. The van der Waals surface area contributed by atoms with E-state index in [0.717, 1.165) is 16.3 Å². The molecule has 0 heterocycles. The van der Waals surface area contributed by atoms with Crippen LogP contribution in [-0.4, -0.2) is 10.7 Å². The molecule has 0 aliphatic heterocycles. The predicted molar refractivity (Wildman–Crippen MR) is 90.4 cm³/mol. The summed E-state index contributed by atoms with van der Waals surface area (Å²) in [5.74, 6) is -0.103. The van der Waals surface area contributed by atoms with Gasteiger partial charge in [0.05, 0.1) is 4.92 Å². The molecule has 0 amide bonds. The molecule has 0 unspecified atom stereocenters. The fourth-order valence-electron chi connectivity index (χ4n) is 2.32. The van der Waals surface area contributed by atoms with E-state index in [9.17, 15) is 14.9 Å². The number of nitro groups is 1. The summed E-state index contributed by atoms with van der Waals surface area (Å²) in [6.07, 6.45) is 3.13. The molecule has 112 valence electrons. The second kappa shape index (κ2) is 6.23. The maximum Gasteiger partial charge on any atom is 0.269 e. The van der Waals surface area contributed by atoms with Crippen LogP contribution in [0.5, 0.6) is 0 Å². The molecule has 0 radical (unpaired) electrons. The van der Waals surface area contributed by atoms with Gasteiger partial charge in [0.15, 0.2) is 5.78 Å². The zero-order chi connectivity index (χ0) is 16.2. The van der Waals surface area contributed by atoms with Gasteiger partial charge in [0, 0.05) is 17.7 Å². The quantitative estimate of drug-likeness (QED) is 0.305. The Morgan fingerprint density at radius 1 is 0.913 bits per heavy atom. The molecule has 23 heavy (non-hydrogen) atoms. The van der Waals surface area contributed by atoms with Crippen LogP contribution in [0, 0.1) is 10.1 Å². The largest absolute Gasteiger partial charge is 0.289 e. The van der Waals surface area contributed by atoms with E-state index >= 15 is 0 Å². The average molecular weight is 303 g/mol. The lowest BCUT2D eigenvalue weighted by molar-refractivity contribution is -0.384. The lowest BCUT2D eigenvalue weighted by Gasteiger charge is -2.00. The van der Waals surface area contributed by atoms with Gasteiger partial charge in [-0.25, -0.2) is 0 Å². The SMILES string of the molecule is O=C(/C=C/c1ccc([N+](=O)[O-])cc1)c1ccc2ccccc2c1. The van der Waals surface area contributed by atoms with Crippen LogP contribution in [-0.2, 0) is 0 Å². The number of fused-ring (bicyclic) bond motifs is 1. The van der Waals surface area contributed by atoms with E-state index in [1.54, 1.807) is 24.3 Å². The van der Waals surface area contributed by atoms with E-state index in [-0.39, 0.29) is 11.5 Å². The van der Waals surface area contributed by atoms with Gasteiger partial charge in [-0.3, -0.25) is 14.9 Å². The minimum absolute atomic E-state index is 0.0306. The van der Waals surface area contributed by atoms with Crippen LogP contribution in [0.15, 0.2) is 72.8 Å². The monoisotopic (exact) mass is 303 g/mol. The zero-order valence-electron chi connectivity index (χ0n) is 12.2. The smallest absolute Gasteiger partial charge is 0.269 e. The number of hydrogen-bond acceptors (Lipinski definition) is 3. The standard InChI is InChI=1S/C19H13NO3/c21-19(12-7-14-5-10-18(11-6-14)20(22)23)17-9-8-15-3-1-2-4-16(15)13-17/h1-13H/b12-7+. The second-order valence-electron chi connectivity index (χ2n) is 5.11. The van der Waals surface area contributed by atoms with E-state index < -0.39 is 4.92 Å². The Labute approximate surface area is 132 Å². The van der Waals surface area contributed by atoms with E-state index in [1.165, 1.54) is 18.2 Å². The number of benzene rings is 3. The van der Waals surface area contributed by atoms with E-state index in [0.29, 0.717) is 5.56 Å². The van der Waals surface area contributed by atoms with Crippen molar-refractivity contribution >= 4 is 28.3 Å². The number of hydrogen-bond donors (Lipinski definition) is 0. The number of allylic oxidation sites excluding steroid dienone is 1. The maximum atomic E-state index is 12.2. The first kappa shape index (κ1) is 14.7. The molecule has 3 aromatic rings. The number of ketones is 1. The molecule has 0 saturated heterocycles. The summed E-state index contributed by atoms with van der Waals surface area (Å²) in [4.78, 5) is 22.4. The first-order valence-corrected chi connectivity index (χ1v) is 7.09. The van der Waals surface area contributed by atoms with E-state index in [4.69, 9.17) is 0 Å². The number of nitrogens with zero attached hydrogens (tertiary/aromatic N) is 1. The highest BCUT2D eigenvalue weighted by atomic mass is 16.6. The fraction of sp³-hybridized carbons (Fsp3) is 0. The molecule has 0 bridgehead atoms. The number of carbonyl (C=O) groups is 1. The van der Waals surface area contributed by atoms with Crippen molar-refractivity contribution < 1.29 is 9.72 Å². The van der Waals surface area contributed by atoms with E-state index in [2.05, 4.69) is 0 Å². The fourth-order valence-corrected chi connectivity index (χ4v) is 2.32. The lowest BCUT2D eigenvalue weighted by atomic mass is 10.0. The average Bonchev–Trinajstić information content (AvgIpc) is 2.59. The Morgan fingerprint density at radius 3 is 2.30 bits per heavy atom. The van der Waals surface area contributed by atoms with Gasteiger partial charge in [-0.2, -0.15) is 0 Å². The van der Waals surface area contributed by atoms with E-state index in [1.807, 2.05) is 36.4 Å². The molecule has 0 aliphatic rings. The molecule has 0 atom stereocenters. The Morgan fingerprint density at radius 2 is 1.61 bits per heavy atom. The normalized spacial score (nSPS) is 11.0. The summed E-state index contributed by atoms with van der Waals surface area (Å²) in [7, 11) is 0. The third-order valence-electron chi connectivity index (χ3n) is 3.57.